The standard InChI is InChI=1S/C10H12BrNO4S.Na/c1-7-6-8(17-16-15-14)2-3-9(7)12-10(13)4-5-11;/h2-3,6,14H,4-5H2,1H3,(H,12,13);/q;+1/p-1. The van der Waals surface area contributed by atoms with E-state index in [1.54, 1.807) is 18.2 Å². The van der Waals surface area contributed by atoms with E-state index in [1.165, 1.54) is 0 Å². The Morgan fingerprint density at radius 2 is 2.28 bits per heavy atom. The van der Waals surface area contributed by atoms with E-state index in [4.69, 9.17) is 0 Å². The van der Waals surface area contributed by atoms with Gasteiger partial charge in [-0.2, -0.15) is 4.33 Å². The molecule has 0 aliphatic heterocycles. The van der Waals surface area contributed by atoms with E-state index in [1.807, 2.05) is 6.92 Å². The van der Waals surface area contributed by atoms with E-state index in [2.05, 4.69) is 30.6 Å². The number of anilines is 1. The van der Waals surface area contributed by atoms with Crippen molar-refractivity contribution in [2.75, 3.05) is 10.6 Å². The fraction of sp³-hybridized carbons (Fsp3) is 0.300. The number of carbonyl (C=O) groups is 1. The second kappa shape index (κ2) is 10.2. The Morgan fingerprint density at radius 1 is 1.56 bits per heavy atom. The maximum Gasteiger partial charge on any atom is 1.00 e. The summed E-state index contributed by atoms with van der Waals surface area (Å²) in [6, 6.07) is 5.26. The molecule has 0 heterocycles. The Hall–Kier alpha value is 0.400. The zero-order chi connectivity index (χ0) is 12.7. The minimum atomic E-state index is -0.0514. The molecule has 1 aromatic rings. The van der Waals surface area contributed by atoms with Crippen LogP contribution in [0.15, 0.2) is 23.1 Å². The molecule has 0 fully saturated rings. The predicted molar refractivity (Wildman–Crippen MR) is 66.2 cm³/mol. The number of alkyl halides is 1. The molecule has 5 nitrogen and oxygen atoms in total. The Labute approximate surface area is 140 Å². The van der Waals surface area contributed by atoms with Gasteiger partial charge >= 0.3 is 29.6 Å². The Balaban J connectivity index is 0.00000289. The third-order valence-electron chi connectivity index (χ3n) is 1.95. The molecule has 18 heavy (non-hydrogen) atoms. The van der Waals surface area contributed by atoms with Crippen LogP contribution in [-0.2, 0) is 14.2 Å². The van der Waals surface area contributed by atoms with Crippen LogP contribution < -0.4 is 40.1 Å². The van der Waals surface area contributed by atoms with E-state index < -0.39 is 0 Å². The largest absolute Gasteiger partial charge is 1.00 e. The van der Waals surface area contributed by atoms with Crippen molar-refractivity contribution in [1.29, 1.82) is 0 Å². The van der Waals surface area contributed by atoms with Gasteiger partial charge in [0.1, 0.15) is 0 Å². The fourth-order valence-electron chi connectivity index (χ4n) is 1.18. The van der Waals surface area contributed by atoms with E-state index in [0.29, 0.717) is 11.8 Å². The molecule has 0 atom stereocenters. The molecule has 1 rings (SSSR count). The van der Waals surface area contributed by atoms with E-state index in [0.717, 1.165) is 28.2 Å². The second-order valence-corrected chi connectivity index (χ2v) is 4.75. The van der Waals surface area contributed by atoms with E-state index in [9.17, 15) is 10.1 Å². The second-order valence-electron chi connectivity index (χ2n) is 3.18. The number of amides is 1. The van der Waals surface area contributed by atoms with Crippen LogP contribution in [0.2, 0.25) is 0 Å². The minimum Gasteiger partial charge on any atom is -0.691 e. The molecule has 8 heteroatoms. The monoisotopic (exact) mass is 343 g/mol. The Morgan fingerprint density at radius 3 is 2.83 bits per heavy atom. The number of hydrogen-bond donors (Lipinski definition) is 1. The predicted octanol–water partition coefficient (Wildman–Crippen LogP) is -1.05. The van der Waals surface area contributed by atoms with Crippen LogP contribution in [0.3, 0.4) is 0 Å². The van der Waals surface area contributed by atoms with Crippen LogP contribution in [-0.4, -0.2) is 11.2 Å². The molecule has 1 N–H and O–H groups in total. The molecule has 94 valence electrons. The molecule has 0 saturated carbocycles. The van der Waals surface area contributed by atoms with Crippen molar-refractivity contribution in [1.82, 2.24) is 0 Å². The average Bonchev–Trinajstić information content (AvgIpc) is 2.30. The summed E-state index contributed by atoms with van der Waals surface area (Å²) in [5.41, 5.74) is 1.62. The zero-order valence-corrected chi connectivity index (χ0v) is 14.5. The van der Waals surface area contributed by atoms with Crippen molar-refractivity contribution in [3.05, 3.63) is 23.8 Å². The summed E-state index contributed by atoms with van der Waals surface area (Å²) in [6.45, 7) is 1.85. The van der Waals surface area contributed by atoms with Crippen molar-refractivity contribution in [3.63, 3.8) is 0 Å². The number of aryl methyl sites for hydroxylation is 1. The molecule has 0 saturated heterocycles. The summed E-state index contributed by atoms with van der Waals surface area (Å²) in [7, 11) is 0. The molecule has 1 amide bonds. The number of rotatable bonds is 6. The molecule has 0 bridgehead atoms. The van der Waals surface area contributed by atoms with Gasteiger partial charge in [0.2, 0.25) is 5.91 Å². The number of halogens is 1. The van der Waals surface area contributed by atoms with Gasteiger partial charge in [-0.3, -0.25) is 9.83 Å². The minimum absolute atomic E-state index is 0. The Bertz CT molecular complexity index is 394. The maximum absolute atomic E-state index is 11.4. The first-order valence-electron chi connectivity index (χ1n) is 4.77. The van der Waals surface area contributed by atoms with Crippen molar-refractivity contribution >= 4 is 39.6 Å². The third-order valence-corrected chi connectivity index (χ3v) is 2.92. The molecule has 1 aromatic carbocycles. The van der Waals surface area contributed by atoms with Gasteiger partial charge in [-0.25, -0.2) is 0 Å². The van der Waals surface area contributed by atoms with Gasteiger partial charge in [0.05, 0.1) is 12.0 Å². The maximum atomic E-state index is 11.4. The summed E-state index contributed by atoms with van der Waals surface area (Å²) in [5, 5.41) is 16.3. The normalized spacial score (nSPS) is 9.72. The molecule has 0 aromatic heterocycles. The van der Waals surface area contributed by atoms with Crippen LogP contribution in [0, 0.1) is 6.92 Å². The molecular weight excluding hydrogens is 333 g/mol. The van der Waals surface area contributed by atoms with Crippen molar-refractivity contribution in [2.45, 2.75) is 18.2 Å². The third kappa shape index (κ3) is 6.53. The van der Waals surface area contributed by atoms with Gasteiger partial charge in [0.25, 0.3) is 0 Å². The number of hydrogen-bond acceptors (Lipinski definition) is 5. The first-order chi connectivity index (χ1) is 8.17. The van der Waals surface area contributed by atoms with Crippen LogP contribution in [0.25, 0.3) is 0 Å². The summed E-state index contributed by atoms with van der Waals surface area (Å²) >= 11 is 4.02. The van der Waals surface area contributed by atoms with Crippen LogP contribution in [0.4, 0.5) is 5.69 Å². The smallest absolute Gasteiger partial charge is 0.691 e. The van der Waals surface area contributed by atoms with Crippen molar-refractivity contribution in [3.8, 4) is 0 Å². The van der Waals surface area contributed by atoms with Gasteiger partial charge in [-0.15, -0.1) is 0 Å². The number of carbonyl (C=O) groups excluding carboxylic acids is 1. The first-order valence-corrected chi connectivity index (χ1v) is 6.63. The average molecular weight is 344 g/mol. The quantitative estimate of drug-likeness (QED) is 0.235. The zero-order valence-electron chi connectivity index (χ0n) is 10.1. The fourth-order valence-corrected chi connectivity index (χ4v) is 1.99. The van der Waals surface area contributed by atoms with Gasteiger partial charge in [-0.05, 0) is 30.7 Å². The molecule has 0 spiro atoms. The summed E-state index contributed by atoms with van der Waals surface area (Å²) in [6.07, 6.45) is 0.420. The van der Waals surface area contributed by atoms with E-state index in [-0.39, 0.29) is 35.5 Å². The Kier molecular flexibility index (Phi) is 10.4. The van der Waals surface area contributed by atoms with Gasteiger partial charge < -0.3 is 10.6 Å². The molecule has 0 radical (unpaired) electrons. The van der Waals surface area contributed by atoms with Crippen molar-refractivity contribution in [2.24, 2.45) is 0 Å². The molecule has 0 aliphatic rings. The van der Waals surface area contributed by atoms with Crippen LogP contribution >= 0.6 is 28.0 Å². The summed E-state index contributed by atoms with van der Waals surface area (Å²) < 4.78 is 4.20. The van der Waals surface area contributed by atoms with E-state index >= 15 is 0 Å². The molecule has 0 aliphatic carbocycles. The first kappa shape index (κ1) is 18.4. The number of benzene rings is 1. The van der Waals surface area contributed by atoms with Gasteiger partial charge in [0.15, 0.2) is 0 Å². The molecular formula is C10H11BrNNaO4S. The van der Waals surface area contributed by atoms with Crippen molar-refractivity contribution < 1.29 is 49.0 Å². The molecule has 0 unspecified atom stereocenters. The van der Waals surface area contributed by atoms with Gasteiger partial charge in [-0.1, -0.05) is 15.9 Å². The van der Waals surface area contributed by atoms with Crippen LogP contribution in [0.5, 0.6) is 0 Å². The topological polar surface area (TPSA) is 70.6 Å². The van der Waals surface area contributed by atoms with Crippen LogP contribution in [0.1, 0.15) is 12.0 Å². The summed E-state index contributed by atoms with van der Waals surface area (Å²) in [4.78, 5) is 12.1. The summed E-state index contributed by atoms with van der Waals surface area (Å²) in [5.74, 6) is -0.0514. The SMILES string of the molecule is Cc1cc(SOO[O-])ccc1NC(=O)CCBr.[Na+]. The number of nitrogens with one attached hydrogen (secondary N) is 1. The van der Waals surface area contributed by atoms with Gasteiger partial charge in [0, 0.05) is 22.3 Å².